The molecular weight excluding hydrogens is 561 g/mol. The van der Waals surface area contributed by atoms with Crippen LogP contribution < -0.4 is 9.64 Å². The molecule has 0 saturated carbocycles. The van der Waals surface area contributed by atoms with Gasteiger partial charge in [0.05, 0.1) is 24.5 Å². The van der Waals surface area contributed by atoms with Crippen molar-refractivity contribution in [3.63, 3.8) is 0 Å². The summed E-state index contributed by atoms with van der Waals surface area (Å²) in [6.07, 6.45) is 1.33. The van der Waals surface area contributed by atoms with E-state index in [2.05, 4.69) is 29.5 Å². The fraction of sp³-hybridized carbons (Fsp3) is 0.452. The lowest BCUT2D eigenvalue weighted by Crippen LogP contribution is -2.49. The van der Waals surface area contributed by atoms with Crippen LogP contribution in [0.4, 0.5) is 10.2 Å². The quantitative estimate of drug-likeness (QED) is 0.374. The van der Waals surface area contributed by atoms with Gasteiger partial charge in [-0.05, 0) is 30.5 Å². The summed E-state index contributed by atoms with van der Waals surface area (Å²) in [7, 11) is 3.80. The third kappa shape index (κ3) is 5.68. The molecule has 4 heterocycles. The lowest BCUT2D eigenvalue weighted by Gasteiger charge is -2.37. The van der Waals surface area contributed by atoms with Gasteiger partial charge < -0.3 is 24.0 Å². The summed E-state index contributed by atoms with van der Waals surface area (Å²) in [5.41, 5.74) is 2.78. The van der Waals surface area contributed by atoms with E-state index >= 15 is 0 Å². The number of piperazine rings is 1. The summed E-state index contributed by atoms with van der Waals surface area (Å²) in [6.45, 7) is 6.47. The predicted octanol–water partition coefficient (Wildman–Crippen LogP) is 4.33. The van der Waals surface area contributed by atoms with Gasteiger partial charge in [-0.2, -0.15) is 9.97 Å². The molecule has 6 rings (SSSR count). The number of amides is 1. The normalized spacial score (nSPS) is 22.8. The van der Waals surface area contributed by atoms with Gasteiger partial charge in [-0.15, -0.1) is 0 Å². The molecule has 2 saturated heterocycles. The van der Waals surface area contributed by atoms with Crippen LogP contribution in [0.25, 0.3) is 10.8 Å². The predicted molar refractivity (Wildman–Crippen MR) is 159 cm³/mol. The van der Waals surface area contributed by atoms with Gasteiger partial charge in [0.25, 0.3) is 5.91 Å². The van der Waals surface area contributed by atoms with Gasteiger partial charge in [-0.3, -0.25) is 9.69 Å². The number of fused-ring (bicyclic) bond motifs is 2. The van der Waals surface area contributed by atoms with Crippen molar-refractivity contribution < 1.29 is 23.4 Å². The van der Waals surface area contributed by atoms with E-state index < -0.39 is 11.7 Å². The van der Waals surface area contributed by atoms with Crippen LogP contribution >= 0.6 is 11.6 Å². The molecule has 2 fully saturated rings. The van der Waals surface area contributed by atoms with Crippen molar-refractivity contribution >= 4 is 34.1 Å². The fourth-order valence-corrected chi connectivity index (χ4v) is 6.50. The highest BCUT2D eigenvalue weighted by atomic mass is 35.5. The SMILES string of the molecule is C=C(F)C(=O)N1CCN(c2nc(OC[C@H]3C[C@H](OC)CN3C)nc3c2COC(c2cccc4cccc(Cl)c24)C3)CC1. The molecule has 1 amide bonds. The van der Waals surface area contributed by atoms with Crippen LogP contribution in [0.5, 0.6) is 6.01 Å². The minimum absolute atomic E-state index is 0.174. The lowest BCUT2D eigenvalue weighted by atomic mass is 9.94. The molecule has 11 heteroatoms. The average Bonchev–Trinajstić information content (AvgIpc) is 3.38. The third-order valence-corrected chi connectivity index (χ3v) is 8.89. The van der Waals surface area contributed by atoms with Gasteiger partial charge >= 0.3 is 6.01 Å². The van der Waals surface area contributed by atoms with Crippen LogP contribution in [0.3, 0.4) is 0 Å². The van der Waals surface area contributed by atoms with Crippen molar-refractivity contribution in [1.29, 1.82) is 0 Å². The molecule has 0 spiro atoms. The summed E-state index contributed by atoms with van der Waals surface area (Å²) in [6, 6.07) is 12.5. The van der Waals surface area contributed by atoms with Crippen LogP contribution in [0.15, 0.2) is 48.8 Å². The Bertz CT molecular complexity index is 1490. The lowest BCUT2D eigenvalue weighted by molar-refractivity contribution is -0.128. The van der Waals surface area contributed by atoms with Gasteiger partial charge in [0.2, 0.25) is 0 Å². The Balaban J connectivity index is 1.29. The first-order valence-electron chi connectivity index (χ1n) is 14.3. The Labute approximate surface area is 249 Å². The highest BCUT2D eigenvalue weighted by molar-refractivity contribution is 6.35. The number of hydrogen-bond acceptors (Lipinski definition) is 8. The smallest absolute Gasteiger partial charge is 0.318 e. The second-order valence-corrected chi connectivity index (χ2v) is 11.5. The number of rotatable bonds is 7. The number of ether oxygens (including phenoxy) is 3. The first-order valence-corrected chi connectivity index (χ1v) is 14.6. The number of aromatic nitrogens is 2. The molecule has 3 aliphatic rings. The zero-order valence-corrected chi connectivity index (χ0v) is 24.6. The number of anilines is 1. The summed E-state index contributed by atoms with van der Waals surface area (Å²) < 4.78 is 31.7. The van der Waals surface area contributed by atoms with Crippen molar-refractivity contribution in [3.8, 4) is 6.01 Å². The summed E-state index contributed by atoms with van der Waals surface area (Å²) in [4.78, 5) is 27.7. The minimum atomic E-state index is -0.945. The van der Waals surface area contributed by atoms with Crippen molar-refractivity contribution in [2.45, 2.75) is 37.7 Å². The second-order valence-electron chi connectivity index (χ2n) is 11.1. The summed E-state index contributed by atoms with van der Waals surface area (Å²) in [5.74, 6) is -0.886. The molecule has 2 aromatic carbocycles. The van der Waals surface area contributed by atoms with Crippen LogP contribution in [0.2, 0.25) is 5.02 Å². The molecule has 0 radical (unpaired) electrons. The van der Waals surface area contributed by atoms with Crippen LogP contribution in [0, 0.1) is 0 Å². The molecule has 3 aliphatic heterocycles. The number of carbonyl (C=O) groups is 1. The first kappa shape index (κ1) is 28.8. The van der Waals surface area contributed by atoms with E-state index in [1.807, 2.05) is 30.3 Å². The molecule has 1 aromatic heterocycles. The van der Waals surface area contributed by atoms with E-state index in [9.17, 15) is 9.18 Å². The number of nitrogens with zero attached hydrogens (tertiary/aromatic N) is 5. The van der Waals surface area contributed by atoms with Crippen LogP contribution in [-0.2, 0) is 27.3 Å². The molecule has 0 N–H and O–H groups in total. The van der Waals surface area contributed by atoms with E-state index in [4.69, 9.17) is 35.8 Å². The zero-order chi connectivity index (χ0) is 29.4. The maximum Gasteiger partial charge on any atom is 0.318 e. The Morgan fingerprint density at radius 1 is 1.17 bits per heavy atom. The van der Waals surface area contributed by atoms with Crippen molar-refractivity contribution in [2.24, 2.45) is 0 Å². The van der Waals surface area contributed by atoms with E-state index in [1.54, 1.807) is 7.11 Å². The average molecular weight is 596 g/mol. The van der Waals surface area contributed by atoms with Crippen LogP contribution in [0.1, 0.15) is 29.3 Å². The van der Waals surface area contributed by atoms with Gasteiger partial charge in [0.1, 0.15) is 12.4 Å². The van der Waals surface area contributed by atoms with Crippen molar-refractivity contribution in [2.75, 3.05) is 58.4 Å². The molecule has 3 aromatic rings. The Kier molecular flexibility index (Phi) is 8.31. The van der Waals surface area contributed by atoms with Crippen molar-refractivity contribution in [3.05, 3.63) is 70.6 Å². The molecule has 42 heavy (non-hydrogen) atoms. The van der Waals surface area contributed by atoms with E-state index in [0.717, 1.165) is 46.4 Å². The zero-order valence-electron chi connectivity index (χ0n) is 23.9. The maximum absolute atomic E-state index is 13.5. The van der Waals surface area contributed by atoms with Gasteiger partial charge in [-0.25, -0.2) is 4.39 Å². The molecular formula is C31H35ClFN5O4. The second kappa shape index (κ2) is 12.1. The fourth-order valence-electron chi connectivity index (χ4n) is 6.21. The highest BCUT2D eigenvalue weighted by Gasteiger charge is 2.33. The molecule has 0 bridgehead atoms. The number of methoxy groups -OCH3 is 1. The number of benzene rings is 2. The molecule has 1 unspecified atom stereocenters. The molecule has 0 aliphatic carbocycles. The maximum atomic E-state index is 13.5. The van der Waals surface area contributed by atoms with E-state index in [0.29, 0.717) is 56.8 Å². The molecule has 3 atom stereocenters. The van der Waals surface area contributed by atoms with Gasteiger partial charge in [0, 0.05) is 68.3 Å². The molecule has 9 nitrogen and oxygen atoms in total. The monoisotopic (exact) mass is 595 g/mol. The van der Waals surface area contributed by atoms with Crippen molar-refractivity contribution in [1.82, 2.24) is 19.8 Å². The number of likely N-dealkylation sites (N-methyl/N-ethyl adjacent to an activating group) is 1. The Hall–Kier alpha value is -3.31. The van der Waals surface area contributed by atoms with Gasteiger partial charge in [-0.1, -0.05) is 48.5 Å². The van der Waals surface area contributed by atoms with Gasteiger partial charge in [0.15, 0.2) is 5.83 Å². The molecule has 222 valence electrons. The largest absolute Gasteiger partial charge is 0.462 e. The summed E-state index contributed by atoms with van der Waals surface area (Å²) >= 11 is 6.65. The Morgan fingerprint density at radius 2 is 1.93 bits per heavy atom. The number of likely N-dealkylation sites (tertiary alicyclic amines) is 1. The third-order valence-electron chi connectivity index (χ3n) is 8.58. The Morgan fingerprint density at radius 3 is 2.64 bits per heavy atom. The minimum Gasteiger partial charge on any atom is -0.462 e. The van der Waals surface area contributed by atoms with E-state index in [-0.39, 0.29) is 18.2 Å². The number of hydrogen-bond donors (Lipinski definition) is 0. The number of halogens is 2. The highest BCUT2D eigenvalue weighted by Crippen LogP contribution is 2.39. The topological polar surface area (TPSA) is 80.3 Å². The summed E-state index contributed by atoms with van der Waals surface area (Å²) in [5, 5.41) is 2.72. The first-order chi connectivity index (χ1) is 20.3. The van der Waals surface area contributed by atoms with Crippen LogP contribution in [-0.4, -0.2) is 91.3 Å². The van der Waals surface area contributed by atoms with E-state index in [1.165, 1.54) is 4.90 Å². The standard InChI is InChI=1S/C31H35ClFN5O4/c1-19(33)30(39)38-12-10-37(11-13-38)29-24-18-41-27(23-8-4-6-20-7-5-9-25(32)28(20)23)15-26(24)34-31(35-29)42-17-21-14-22(40-3)16-36(21)2/h4-9,21-22,27H,1,10-18H2,2-3H3/t21-,22+,27?/m1/s1. The number of carbonyl (C=O) groups excluding carboxylic acids is 1.